The third-order valence-electron chi connectivity index (χ3n) is 4.67. The Balaban J connectivity index is 1.57. The number of alkyl halides is 2. The summed E-state index contributed by atoms with van der Waals surface area (Å²) in [7, 11) is 0. The summed E-state index contributed by atoms with van der Waals surface area (Å²) in [5.41, 5.74) is 1.94. The highest BCUT2D eigenvalue weighted by atomic mass is 19.3. The Morgan fingerprint density at radius 1 is 0.962 bits per heavy atom. The quantitative estimate of drug-likeness (QED) is 0.771. The molecule has 6 heteroatoms. The van der Waals surface area contributed by atoms with Crippen molar-refractivity contribution >= 4 is 5.95 Å². The first-order valence-electron chi connectivity index (χ1n) is 9.15. The van der Waals surface area contributed by atoms with E-state index in [1.54, 1.807) is 12.4 Å². The molecule has 1 N–H and O–H groups in total. The zero-order valence-corrected chi connectivity index (χ0v) is 15.2. The molecule has 1 saturated carbocycles. The van der Waals surface area contributed by atoms with E-state index in [4.69, 9.17) is 4.74 Å². The highest BCUT2D eigenvalue weighted by Crippen LogP contribution is 2.30. The maximum Gasteiger partial charge on any atom is 0.241 e. The number of nitrogens with one attached hydrogen (secondary N) is 1. The van der Waals surface area contributed by atoms with Crippen LogP contribution in [-0.4, -0.2) is 28.5 Å². The van der Waals surface area contributed by atoms with Gasteiger partial charge in [0.25, 0.3) is 0 Å². The van der Waals surface area contributed by atoms with Crippen molar-refractivity contribution in [3.05, 3.63) is 36.7 Å². The van der Waals surface area contributed by atoms with Crippen LogP contribution >= 0.6 is 0 Å². The van der Waals surface area contributed by atoms with Crippen molar-refractivity contribution in [1.82, 2.24) is 9.97 Å². The summed E-state index contributed by atoms with van der Waals surface area (Å²) in [6, 6.07) is 8.00. The first kappa shape index (κ1) is 18.5. The average molecular weight is 361 g/mol. The van der Waals surface area contributed by atoms with Crippen molar-refractivity contribution in [2.75, 3.05) is 5.32 Å². The summed E-state index contributed by atoms with van der Waals surface area (Å²) < 4.78 is 31.1. The molecule has 1 heterocycles. The molecule has 3 rings (SSSR count). The number of ether oxygens (including phenoxy) is 1. The molecule has 1 fully saturated rings. The van der Waals surface area contributed by atoms with Gasteiger partial charge >= 0.3 is 0 Å². The normalized spacial score (nSPS) is 20.4. The molecule has 0 saturated heterocycles. The minimum absolute atomic E-state index is 0.144. The van der Waals surface area contributed by atoms with Crippen LogP contribution < -0.4 is 10.1 Å². The first-order valence-corrected chi connectivity index (χ1v) is 9.15. The Bertz CT molecular complexity index is 681. The number of anilines is 1. The number of nitrogens with zero attached hydrogens (tertiary/aromatic N) is 2. The maximum absolute atomic E-state index is 12.7. The number of halogens is 2. The van der Waals surface area contributed by atoms with Crippen LogP contribution in [0.25, 0.3) is 11.1 Å². The first-order chi connectivity index (χ1) is 12.5. The summed E-state index contributed by atoms with van der Waals surface area (Å²) in [4.78, 5) is 8.74. The molecule has 0 amide bonds. The fraction of sp³-hybridized carbons (Fsp3) is 0.500. The largest absolute Gasteiger partial charge is 0.491 e. The lowest BCUT2D eigenvalue weighted by Crippen LogP contribution is -2.29. The number of benzene rings is 1. The topological polar surface area (TPSA) is 47.0 Å². The molecule has 1 aliphatic carbocycles. The van der Waals surface area contributed by atoms with Crippen LogP contribution in [-0.2, 0) is 0 Å². The van der Waals surface area contributed by atoms with Crippen molar-refractivity contribution in [2.45, 2.75) is 58.1 Å². The van der Waals surface area contributed by atoms with Crippen molar-refractivity contribution in [3.8, 4) is 16.9 Å². The van der Waals surface area contributed by atoms with Gasteiger partial charge in [-0.2, -0.15) is 0 Å². The molecule has 4 nitrogen and oxygen atoms in total. The maximum atomic E-state index is 12.7. The predicted molar refractivity (Wildman–Crippen MR) is 98.6 cm³/mol. The second kappa shape index (κ2) is 8.43. The molecule has 2 aromatic rings. The fourth-order valence-electron chi connectivity index (χ4n) is 3.25. The van der Waals surface area contributed by atoms with Crippen molar-refractivity contribution in [3.63, 3.8) is 0 Å². The van der Waals surface area contributed by atoms with E-state index in [0.29, 0.717) is 18.8 Å². The molecule has 0 bridgehead atoms. The Kier molecular flexibility index (Phi) is 6.01. The third-order valence-corrected chi connectivity index (χ3v) is 4.67. The van der Waals surface area contributed by atoms with Crippen LogP contribution in [0.4, 0.5) is 14.7 Å². The standard InChI is InChI=1S/C20H25F2N3O/c1-13(2)26-18-9-5-14(6-10-18)16-11-23-20(24-12-16)25-17-7-3-15(4-8-17)19(21)22/h5-6,9-13,15,17,19H,3-4,7-8H2,1-2H3,(H,23,24,25). The smallest absolute Gasteiger partial charge is 0.241 e. The van der Waals surface area contributed by atoms with E-state index in [-0.39, 0.29) is 12.1 Å². The van der Waals surface area contributed by atoms with Crippen LogP contribution in [0, 0.1) is 5.92 Å². The van der Waals surface area contributed by atoms with Crippen molar-refractivity contribution in [1.29, 1.82) is 0 Å². The summed E-state index contributed by atoms with van der Waals surface area (Å²) in [6.07, 6.45) is 4.07. The molecule has 1 aromatic carbocycles. The molecule has 0 radical (unpaired) electrons. The number of rotatable bonds is 6. The van der Waals surface area contributed by atoms with Gasteiger partial charge in [0.1, 0.15) is 5.75 Å². The minimum atomic E-state index is -2.20. The van der Waals surface area contributed by atoms with Gasteiger partial charge in [-0.25, -0.2) is 18.7 Å². The highest BCUT2D eigenvalue weighted by molar-refractivity contribution is 5.62. The SMILES string of the molecule is CC(C)Oc1ccc(-c2cnc(NC3CCC(C(F)F)CC3)nc2)cc1. The van der Waals surface area contributed by atoms with Gasteiger partial charge < -0.3 is 10.1 Å². The minimum Gasteiger partial charge on any atom is -0.491 e. The fourth-order valence-corrected chi connectivity index (χ4v) is 3.25. The van der Waals surface area contributed by atoms with Crippen LogP contribution in [0.15, 0.2) is 36.7 Å². The second-order valence-electron chi connectivity index (χ2n) is 7.08. The Morgan fingerprint density at radius 3 is 2.12 bits per heavy atom. The molecule has 0 spiro atoms. The Labute approximate surface area is 153 Å². The molecule has 0 atom stereocenters. The van der Waals surface area contributed by atoms with Gasteiger partial charge in [-0.05, 0) is 57.2 Å². The second-order valence-corrected chi connectivity index (χ2v) is 7.08. The van der Waals surface area contributed by atoms with E-state index in [0.717, 1.165) is 29.7 Å². The molecule has 0 unspecified atom stereocenters. The van der Waals surface area contributed by atoms with Gasteiger partial charge in [0.05, 0.1) is 6.10 Å². The molecule has 26 heavy (non-hydrogen) atoms. The van der Waals surface area contributed by atoms with E-state index in [2.05, 4.69) is 15.3 Å². The monoisotopic (exact) mass is 361 g/mol. The highest BCUT2D eigenvalue weighted by Gasteiger charge is 2.27. The lowest BCUT2D eigenvalue weighted by Gasteiger charge is -2.28. The summed E-state index contributed by atoms with van der Waals surface area (Å²) in [6.45, 7) is 3.99. The molecule has 0 aliphatic heterocycles. The van der Waals surface area contributed by atoms with E-state index < -0.39 is 12.3 Å². The third kappa shape index (κ3) is 4.90. The van der Waals surface area contributed by atoms with Crippen molar-refractivity contribution in [2.24, 2.45) is 5.92 Å². The van der Waals surface area contributed by atoms with Gasteiger partial charge in [0, 0.05) is 29.9 Å². The van der Waals surface area contributed by atoms with Crippen molar-refractivity contribution < 1.29 is 13.5 Å². The van der Waals surface area contributed by atoms with Gasteiger partial charge in [0.15, 0.2) is 0 Å². The Morgan fingerprint density at radius 2 is 1.58 bits per heavy atom. The zero-order chi connectivity index (χ0) is 18.5. The molecule has 140 valence electrons. The lowest BCUT2D eigenvalue weighted by molar-refractivity contribution is 0.0544. The molecule has 1 aromatic heterocycles. The van der Waals surface area contributed by atoms with Crippen LogP contribution in [0.3, 0.4) is 0 Å². The summed E-state index contributed by atoms with van der Waals surface area (Å²) >= 11 is 0. The van der Waals surface area contributed by atoms with E-state index in [1.807, 2.05) is 38.1 Å². The zero-order valence-electron chi connectivity index (χ0n) is 15.2. The van der Waals surface area contributed by atoms with Crippen LogP contribution in [0.2, 0.25) is 0 Å². The lowest BCUT2D eigenvalue weighted by atomic mass is 9.86. The van der Waals surface area contributed by atoms with E-state index in [1.165, 1.54) is 0 Å². The van der Waals surface area contributed by atoms with Crippen LogP contribution in [0.5, 0.6) is 5.75 Å². The Hall–Kier alpha value is -2.24. The summed E-state index contributed by atoms with van der Waals surface area (Å²) in [5.74, 6) is 0.926. The van der Waals surface area contributed by atoms with Gasteiger partial charge in [-0.1, -0.05) is 12.1 Å². The van der Waals surface area contributed by atoms with E-state index in [9.17, 15) is 8.78 Å². The number of aromatic nitrogens is 2. The number of hydrogen-bond donors (Lipinski definition) is 1. The summed E-state index contributed by atoms with van der Waals surface area (Å²) in [5, 5.41) is 3.26. The molecular formula is C20H25F2N3O. The van der Waals surface area contributed by atoms with Gasteiger partial charge in [0.2, 0.25) is 12.4 Å². The molecular weight excluding hydrogens is 336 g/mol. The number of hydrogen-bond acceptors (Lipinski definition) is 4. The van der Waals surface area contributed by atoms with Gasteiger partial charge in [-0.3, -0.25) is 0 Å². The van der Waals surface area contributed by atoms with Crippen LogP contribution in [0.1, 0.15) is 39.5 Å². The average Bonchev–Trinajstić information content (AvgIpc) is 2.63. The van der Waals surface area contributed by atoms with E-state index >= 15 is 0 Å². The molecule has 1 aliphatic rings. The van der Waals surface area contributed by atoms with Gasteiger partial charge in [-0.15, -0.1) is 0 Å². The predicted octanol–water partition coefficient (Wildman–Crippen LogP) is 5.17.